The Bertz CT molecular complexity index is 1180. The van der Waals surface area contributed by atoms with Crippen molar-refractivity contribution in [3.05, 3.63) is 52.5 Å². The van der Waals surface area contributed by atoms with Crippen molar-refractivity contribution in [1.29, 1.82) is 0 Å². The van der Waals surface area contributed by atoms with E-state index in [1.54, 1.807) is 33.9 Å². The van der Waals surface area contributed by atoms with Gasteiger partial charge in [0.05, 0.1) is 0 Å². The minimum absolute atomic E-state index is 0.0422. The number of hydrogen-bond donors (Lipinski definition) is 4. The number of amides is 4. The standard InChI is InChI=1S/C27H35N5O6S/c1-15(2)21(24(34)30-19-12-18-13-29-39-20(18)10-11-28-26(36)23(19)33)31-25(35)22(16(3)4)32-27(37)38-14-17-8-6-5-7-9-17/h5-9,13,15-16,19,21-22H,10-12,14H2,1-4H3,(H,28,36)(H,30,34)(H,31,35)(H,32,37). The summed E-state index contributed by atoms with van der Waals surface area (Å²) in [6.07, 6.45) is 1.54. The summed E-state index contributed by atoms with van der Waals surface area (Å²) in [6.45, 7) is 7.34. The van der Waals surface area contributed by atoms with E-state index in [1.807, 2.05) is 30.3 Å². The molecule has 0 saturated heterocycles. The van der Waals surface area contributed by atoms with Crippen LogP contribution < -0.4 is 21.3 Å². The zero-order valence-electron chi connectivity index (χ0n) is 22.5. The van der Waals surface area contributed by atoms with Gasteiger partial charge in [0, 0.05) is 30.5 Å². The van der Waals surface area contributed by atoms with Crippen LogP contribution in [0.3, 0.4) is 0 Å². The zero-order valence-corrected chi connectivity index (χ0v) is 23.3. The molecule has 0 radical (unpaired) electrons. The van der Waals surface area contributed by atoms with Crippen LogP contribution in [0.25, 0.3) is 0 Å². The van der Waals surface area contributed by atoms with Crippen molar-refractivity contribution >= 4 is 41.1 Å². The second-order valence-electron chi connectivity index (χ2n) is 10.1. The van der Waals surface area contributed by atoms with Gasteiger partial charge in [-0.25, -0.2) is 9.17 Å². The van der Waals surface area contributed by atoms with E-state index in [0.29, 0.717) is 13.0 Å². The van der Waals surface area contributed by atoms with Crippen LogP contribution in [0, 0.1) is 11.8 Å². The maximum Gasteiger partial charge on any atom is 0.408 e. The Hall–Kier alpha value is -3.80. The number of nitrogens with zero attached hydrogens (tertiary/aromatic N) is 1. The Morgan fingerprint density at radius 3 is 2.36 bits per heavy atom. The lowest BCUT2D eigenvalue weighted by atomic mass is 9.98. The molecule has 1 aliphatic heterocycles. The lowest BCUT2D eigenvalue weighted by Crippen LogP contribution is -2.59. The molecule has 0 bridgehead atoms. The fraction of sp³-hybridized carbons (Fsp3) is 0.481. The highest BCUT2D eigenvalue weighted by molar-refractivity contribution is 7.05. The topological polar surface area (TPSA) is 156 Å². The molecule has 3 atom stereocenters. The second kappa shape index (κ2) is 13.8. The van der Waals surface area contributed by atoms with E-state index in [0.717, 1.165) is 16.0 Å². The lowest BCUT2D eigenvalue weighted by Gasteiger charge is -2.28. The van der Waals surface area contributed by atoms with Crippen LogP contribution in [0.15, 0.2) is 36.5 Å². The van der Waals surface area contributed by atoms with Crippen LogP contribution in [0.2, 0.25) is 0 Å². The highest BCUT2D eigenvalue weighted by atomic mass is 32.1. The van der Waals surface area contributed by atoms with Gasteiger partial charge >= 0.3 is 6.09 Å². The number of carbonyl (C=O) groups excluding carboxylic acids is 5. The third-order valence-electron chi connectivity index (χ3n) is 6.33. The summed E-state index contributed by atoms with van der Waals surface area (Å²) in [4.78, 5) is 65.0. The van der Waals surface area contributed by atoms with E-state index in [9.17, 15) is 24.0 Å². The molecule has 2 heterocycles. The smallest absolute Gasteiger partial charge is 0.408 e. The molecule has 1 aromatic heterocycles. The van der Waals surface area contributed by atoms with E-state index in [1.165, 1.54) is 11.5 Å². The summed E-state index contributed by atoms with van der Waals surface area (Å²) in [7, 11) is 0. The Balaban J connectivity index is 1.67. The van der Waals surface area contributed by atoms with Crippen molar-refractivity contribution in [2.75, 3.05) is 6.54 Å². The van der Waals surface area contributed by atoms with Gasteiger partial charge in [0.15, 0.2) is 0 Å². The predicted molar refractivity (Wildman–Crippen MR) is 145 cm³/mol. The number of rotatable bonds is 9. The molecular weight excluding hydrogens is 522 g/mol. The van der Waals surface area contributed by atoms with E-state index < -0.39 is 47.7 Å². The Morgan fingerprint density at radius 2 is 1.69 bits per heavy atom. The van der Waals surface area contributed by atoms with Crippen LogP contribution in [-0.4, -0.2) is 58.6 Å². The van der Waals surface area contributed by atoms with Gasteiger partial charge in [-0.2, -0.15) is 0 Å². The predicted octanol–water partition coefficient (Wildman–Crippen LogP) is 1.50. The summed E-state index contributed by atoms with van der Waals surface area (Å²) < 4.78 is 9.42. The molecule has 4 N–H and O–H groups in total. The number of ether oxygens (including phenoxy) is 1. The van der Waals surface area contributed by atoms with Gasteiger partial charge in [-0.3, -0.25) is 19.2 Å². The van der Waals surface area contributed by atoms with Gasteiger partial charge in [0.2, 0.25) is 17.6 Å². The second-order valence-corrected chi connectivity index (χ2v) is 11.0. The van der Waals surface area contributed by atoms with Crippen molar-refractivity contribution in [3.8, 4) is 0 Å². The summed E-state index contributed by atoms with van der Waals surface area (Å²) in [5.74, 6) is -3.38. The third kappa shape index (κ3) is 8.34. The normalized spacial score (nSPS) is 17.1. The van der Waals surface area contributed by atoms with Crippen LogP contribution in [0.1, 0.15) is 43.7 Å². The molecule has 0 spiro atoms. The molecule has 3 unspecified atom stereocenters. The lowest BCUT2D eigenvalue weighted by molar-refractivity contribution is -0.140. The number of ketones is 1. The van der Waals surface area contributed by atoms with E-state index in [2.05, 4.69) is 25.6 Å². The average molecular weight is 558 g/mol. The van der Waals surface area contributed by atoms with Gasteiger partial charge in [0.25, 0.3) is 5.91 Å². The molecule has 0 aliphatic carbocycles. The number of carbonyl (C=O) groups is 5. The number of benzene rings is 1. The Kier molecular flexibility index (Phi) is 10.6. The van der Waals surface area contributed by atoms with Crippen LogP contribution >= 0.6 is 11.5 Å². The van der Waals surface area contributed by atoms with Gasteiger partial charge in [-0.05, 0) is 34.5 Å². The third-order valence-corrected chi connectivity index (χ3v) is 7.23. The van der Waals surface area contributed by atoms with Crippen LogP contribution in [0.4, 0.5) is 4.79 Å². The SMILES string of the molecule is CC(C)C(NC(=O)OCc1ccccc1)C(=O)NC(C(=O)NC1Cc2cnsc2CCNC(=O)C1=O)C(C)C. The van der Waals surface area contributed by atoms with Crippen molar-refractivity contribution in [2.24, 2.45) is 11.8 Å². The van der Waals surface area contributed by atoms with E-state index in [-0.39, 0.29) is 24.9 Å². The van der Waals surface area contributed by atoms with Crippen molar-refractivity contribution in [2.45, 2.75) is 65.3 Å². The molecule has 39 heavy (non-hydrogen) atoms. The zero-order chi connectivity index (χ0) is 28.5. The molecule has 0 saturated carbocycles. The first kappa shape index (κ1) is 29.8. The molecular formula is C27H35N5O6S. The fourth-order valence-corrected chi connectivity index (χ4v) is 4.84. The molecule has 3 rings (SSSR count). The number of Topliss-reactive ketones (excluding diaryl/α,β-unsaturated/α-hetero) is 1. The first-order valence-electron chi connectivity index (χ1n) is 12.9. The number of fused-ring (bicyclic) bond motifs is 1. The largest absolute Gasteiger partial charge is 0.445 e. The summed E-state index contributed by atoms with van der Waals surface area (Å²) >= 11 is 1.29. The summed E-state index contributed by atoms with van der Waals surface area (Å²) in [5, 5.41) is 10.5. The molecule has 11 nitrogen and oxygen atoms in total. The van der Waals surface area contributed by atoms with Gasteiger partial charge in [-0.15, -0.1) is 0 Å². The van der Waals surface area contributed by atoms with Crippen molar-refractivity contribution < 1.29 is 28.7 Å². The number of aromatic nitrogens is 1. The monoisotopic (exact) mass is 557 g/mol. The van der Waals surface area contributed by atoms with Crippen molar-refractivity contribution in [3.63, 3.8) is 0 Å². The molecule has 0 fully saturated rings. The Morgan fingerprint density at radius 1 is 1.03 bits per heavy atom. The molecule has 1 aliphatic rings. The summed E-state index contributed by atoms with van der Waals surface area (Å²) in [5.41, 5.74) is 1.59. The Labute approximate surface area is 231 Å². The highest BCUT2D eigenvalue weighted by Gasteiger charge is 2.35. The quantitative estimate of drug-likeness (QED) is 0.341. The molecule has 210 valence electrons. The number of nitrogens with one attached hydrogen (secondary N) is 4. The minimum atomic E-state index is -1.11. The van der Waals surface area contributed by atoms with Crippen molar-refractivity contribution in [1.82, 2.24) is 25.6 Å². The van der Waals surface area contributed by atoms with E-state index >= 15 is 0 Å². The number of hydrogen-bond acceptors (Lipinski definition) is 8. The van der Waals surface area contributed by atoms with Gasteiger partial charge in [-0.1, -0.05) is 58.0 Å². The van der Waals surface area contributed by atoms with Crippen LogP contribution in [-0.2, 0) is 43.4 Å². The molecule has 4 amide bonds. The fourth-order valence-electron chi connectivity index (χ4n) is 4.09. The maximum atomic E-state index is 13.3. The molecule has 2 aromatic rings. The van der Waals surface area contributed by atoms with Crippen LogP contribution in [0.5, 0.6) is 0 Å². The highest BCUT2D eigenvalue weighted by Crippen LogP contribution is 2.18. The molecule has 1 aromatic carbocycles. The minimum Gasteiger partial charge on any atom is -0.445 e. The first-order valence-corrected chi connectivity index (χ1v) is 13.7. The maximum absolute atomic E-state index is 13.3. The van der Waals surface area contributed by atoms with Gasteiger partial charge in [0.1, 0.15) is 24.7 Å². The first-order chi connectivity index (χ1) is 18.6. The van der Waals surface area contributed by atoms with Gasteiger partial charge < -0.3 is 26.0 Å². The van der Waals surface area contributed by atoms with E-state index in [4.69, 9.17) is 4.74 Å². The summed E-state index contributed by atoms with van der Waals surface area (Å²) in [6, 6.07) is 6.02. The average Bonchev–Trinajstić information content (AvgIpc) is 3.35. The molecule has 12 heteroatoms. The number of alkyl carbamates (subject to hydrolysis) is 1.